The molecule has 2 aromatic rings. The Labute approximate surface area is 110 Å². The minimum absolute atomic E-state index is 0.266. The number of halogens is 1. The molecule has 0 atom stereocenters. The molecule has 0 unspecified atom stereocenters. The molecule has 6 heteroatoms. The Hall–Kier alpha value is -1.27. The molecule has 4 nitrogen and oxygen atoms in total. The van der Waals surface area contributed by atoms with Crippen LogP contribution in [-0.4, -0.2) is 23.8 Å². The van der Waals surface area contributed by atoms with Gasteiger partial charge in [-0.15, -0.1) is 11.3 Å². The second-order valence-electron chi connectivity index (χ2n) is 3.31. The van der Waals surface area contributed by atoms with Gasteiger partial charge in [0.15, 0.2) is 5.01 Å². The predicted molar refractivity (Wildman–Crippen MR) is 68.3 cm³/mol. The first kappa shape index (κ1) is 12.2. The van der Waals surface area contributed by atoms with E-state index in [-0.39, 0.29) is 12.2 Å². The van der Waals surface area contributed by atoms with Gasteiger partial charge in [-0.2, -0.15) is 0 Å². The highest BCUT2D eigenvalue weighted by Gasteiger charge is 2.16. The number of rotatable bonds is 3. The lowest BCUT2D eigenvalue weighted by Gasteiger charge is -1.94. The molecule has 1 heterocycles. The maximum absolute atomic E-state index is 11.7. The van der Waals surface area contributed by atoms with Gasteiger partial charge in [-0.1, -0.05) is 15.9 Å². The van der Waals surface area contributed by atoms with Gasteiger partial charge in [0.25, 0.3) is 0 Å². The zero-order valence-electron chi connectivity index (χ0n) is 8.90. The maximum atomic E-state index is 11.7. The SMILES string of the molecule is COC(=O)CC(=O)c1nc2ccc(Br)cc2s1. The fourth-order valence-corrected chi connectivity index (χ4v) is 2.75. The van der Waals surface area contributed by atoms with Crippen molar-refractivity contribution < 1.29 is 14.3 Å². The van der Waals surface area contributed by atoms with Crippen molar-refractivity contribution in [1.82, 2.24) is 4.98 Å². The molecule has 0 spiro atoms. The van der Waals surface area contributed by atoms with E-state index in [1.54, 1.807) is 0 Å². The Kier molecular flexibility index (Phi) is 3.54. The maximum Gasteiger partial charge on any atom is 0.313 e. The Morgan fingerprint density at radius 1 is 1.47 bits per heavy atom. The van der Waals surface area contributed by atoms with Crippen LogP contribution in [-0.2, 0) is 9.53 Å². The molecule has 0 radical (unpaired) electrons. The van der Waals surface area contributed by atoms with Crippen LogP contribution in [0.5, 0.6) is 0 Å². The molecule has 1 aromatic carbocycles. The summed E-state index contributed by atoms with van der Waals surface area (Å²) in [6, 6.07) is 5.57. The van der Waals surface area contributed by atoms with Crippen LogP contribution < -0.4 is 0 Å². The van der Waals surface area contributed by atoms with Crippen LogP contribution in [0.2, 0.25) is 0 Å². The first-order chi connectivity index (χ1) is 8.10. The first-order valence-electron chi connectivity index (χ1n) is 4.76. The number of Topliss-reactive ketones (excluding diaryl/α,β-unsaturated/α-hetero) is 1. The molecule has 0 fully saturated rings. The van der Waals surface area contributed by atoms with Crippen molar-refractivity contribution in [3.63, 3.8) is 0 Å². The van der Waals surface area contributed by atoms with Crippen LogP contribution in [0.1, 0.15) is 16.2 Å². The number of ether oxygens (including phenoxy) is 1. The number of carbonyl (C=O) groups is 2. The van der Waals surface area contributed by atoms with Crippen molar-refractivity contribution in [3.8, 4) is 0 Å². The molecule has 2 rings (SSSR count). The van der Waals surface area contributed by atoms with Crippen molar-refractivity contribution in [2.75, 3.05) is 7.11 Å². The van der Waals surface area contributed by atoms with E-state index in [2.05, 4.69) is 25.7 Å². The molecular weight excluding hydrogens is 306 g/mol. The summed E-state index contributed by atoms with van der Waals surface area (Å²) in [5.74, 6) is -0.857. The van der Waals surface area contributed by atoms with E-state index in [0.29, 0.717) is 5.01 Å². The predicted octanol–water partition coefficient (Wildman–Crippen LogP) is 2.80. The third-order valence-electron chi connectivity index (χ3n) is 2.12. The van der Waals surface area contributed by atoms with Crippen molar-refractivity contribution >= 4 is 49.2 Å². The molecule has 0 N–H and O–H groups in total. The van der Waals surface area contributed by atoms with E-state index < -0.39 is 5.97 Å². The third kappa shape index (κ3) is 2.70. The average molecular weight is 314 g/mol. The number of aromatic nitrogens is 1. The van der Waals surface area contributed by atoms with E-state index in [1.165, 1.54) is 18.4 Å². The van der Waals surface area contributed by atoms with Crippen LogP contribution in [0.15, 0.2) is 22.7 Å². The quantitative estimate of drug-likeness (QED) is 0.497. The van der Waals surface area contributed by atoms with E-state index in [1.807, 2.05) is 18.2 Å². The molecule has 17 heavy (non-hydrogen) atoms. The number of benzene rings is 1. The van der Waals surface area contributed by atoms with E-state index in [9.17, 15) is 9.59 Å². The molecule has 88 valence electrons. The molecule has 0 bridgehead atoms. The van der Waals surface area contributed by atoms with Gasteiger partial charge < -0.3 is 4.74 Å². The molecular formula is C11H8BrNO3S. The normalized spacial score (nSPS) is 10.5. The largest absolute Gasteiger partial charge is 0.469 e. The fraction of sp³-hybridized carbons (Fsp3) is 0.182. The number of methoxy groups -OCH3 is 1. The summed E-state index contributed by atoms with van der Waals surface area (Å²) >= 11 is 4.62. The standard InChI is InChI=1S/C11H8BrNO3S/c1-16-10(15)5-8(14)11-13-7-3-2-6(12)4-9(7)17-11/h2-4H,5H2,1H3. The van der Waals surface area contributed by atoms with E-state index in [4.69, 9.17) is 0 Å². The molecule has 0 saturated heterocycles. The number of nitrogens with zero attached hydrogens (tertiary/aromatic N) is 1. The number of ketones is 1. The Balaban J connectivity index is 2.30. The van der Waals surface area contributed by atoms with Gasteiger partial charge in [0.1, 0.15) is 6.42 Å². The number of carbonyl (C=O) groups excluding carboxylic acids is 2. The molecule has 1 aromatic heterocycles. The number of esters is 1. The minimum Gasteiger partial charge on any atom is -0.469 e. The zero-order valence-corrected chi connectivity index (χ0v) is 11.3. The van der Waals surface area contributed by atoms with Crippen molar-refractivity contribution in [2.45, 2.75) is 6.42 Å². The Morgan fingerprint density at radius 3 is 2.94 bits per heavy atom. The second-order valence-corrected chi connectivity index (χ2v) is 5.25. The summed E-state index contributed by atoms with van der Waals surface area (Å²) in [5, 5.41) is 0.337. The second kappa shape index (κ2) is 4.93. The average Bonchev–Trinajstić information content (AvgIpc) is 2.71. The number of hydrogen-bond donors (Lipinski definition) is 0. The summed E-state index contributed by atoms with van der Waals surface area (Å²) in [5.41, 5.74) is 0.756. The van der Waals surface area contributed by atoms with Gasteiger partial charge in [0.2, 0.25) is 5.78 Å². The Bertz CT molecular complexity index is 593. The molecule has 0 saturated carbocycles. The Morgan fingerprint density at radius 2 is 2.24 bits per heavy atom. The molecule has 0 aliphatic heterocycles. The summed E-state index contributed by atoms with van der Waals surface area (Å²) < 4.78 is 6.29. The van der Waals surface area contributed by atoms with Gasteiger partial charge in [-0.25, -0.2) is 4.98 Å². The van der Waals surface area contributed by atoms with Crippen LogP contribution in [0.3, 0.4) is 0 Å². The van der Waals surface area contributed by atoms with Gasteiger partial charge in [-0.05, 0) is 18.2 Å². The summed E-state index contributed by atoms with van der Waals surface area (Å²) in [7, 11) is 1.26. The van der Waals surface area contributed by atoms with Crippen LogP contribution in [0.25, 0.3) is 10.2 Å². The lowest BCUT2D eigenvalue weighted by molar-refractivity contribution is -0.139. The van der Waals surface area contributed by atoms with Gasteiger partial charge >= 0.3 is 5.97 Å². The van der Waals surface area contributed by atoms with E-state index >= 15 is 0 Å². The number of hydrogen-bond acceptors (Lipinski definition) is 5. The fourth-order valence-electron chi connectivity index (χ4n) is 1.30. The molecule has 0 amide bonds. The minimum atomic E-state index is -0.546. The topological polar surface area (TPSA) is 56.3 Å². The lowest BCUT2D eigenvalue weighted by Crippen LogP contribution is -2.09. The monoisotopic (exact) mass is 313 g/mol. The highest BCUT2D eigenvalue weighted by molar-refractivity contribution is 9.10. The summed E-state index contributed by atoms with van der Waals surface area (Å²) in [6.45, 7) is 0. The smallest absolute Gasteiger partial charge is 0.313 e. The lowest BCUT2D eigenvalue weighted by atomic mass is 10.3. The van der Waals surface area contributed by atoms with Crippen molar-refractivity contribution in [1.29, 1.82) is 0 Å². The summed E-state index contributed by atoms with van der Waals surface area (Å²) in [6.07, 6.45) is -0.266. The third-order valence-corrected chi connectivity index (χ3v) is 3.67. The number of thiazole rings is 1. The van der Waals surface area contributed by atoms with Crippen molar-refractivity contribution in [2.24, 2.45) is 0 Å². The highest BCUT2D eigenvalue weighted by Crippen LogP contribution is 2.26. The summed E-state index contributed by atoms with van der Waals surface area (Å²) in [4.78, 5) is 26.9. The van der Waals surface area contributed by atoms with Crippen LogP contribution in [0, 0.1) is 0 Å². The first-order valence-corrected chi connectivity index (χ1v) is 6.37. The van der Waals surface area contributed by atoms with Gasteiger partial charge in [0, 0.05) is 4.47 Å². The zero-order chi connectivity index (χ0) is 12.4. The van der Waals surface area contributed by atoms with Crippen molar-refractivity contribution in [3.05, 3.63) is 27.7 Å². The molecule has 0 aliphatic rings. The molecule has 0 aliphatic carbocycles. The van der Waals surface area contributed by atoms with E-state index in [0.717, 1.165) is 14.7 Å². The highest BCUT2D eigenvalue weighted by atomic mass is 79.9. The van der Waals surface area contributed by atoms with Crippen LogP contribution in [0.4, 0.5) is 0 Å². The van der Waals surface area contributed by atoms with Crippen LogP contribution >= 0.6 is 27.3 Å². The number of fused-ring (bicyclic) bond motifs is 1. The van der Waals surface area contributed by atoms with Gasteiger partial charge in [-0.3, -0.25) is 9.59 Å². The van der Waals surface area contributed by atoms with Gasteiger partial charge in [0.05, 0.1) is 17.3 Å².